The van der Waals surface area contributed by atoms with Crippen LogP contribution in [0.5, 0.6) is 0 Å². The first-order chi connectivity index (χ1) is 14.6. The van der Waals surface area contributed by atoms with Gasteiger partial charge in [0.15, 0.2) is 5.13 Å². The normalized spacial score (nSPS) is 17.7. The zero-order valence-corrected chi connectivity index (χ0v) is 17.5. The summed E-state index contributed by atoms with van der Waals surface area (Å²) in [6.45, 7) is 1.14. The molecule has 1 aliphatic carbocycles. The van der Waals surface area contributed by atoms with Crippen LogP contribution < -0.4 is 11.3 Å². The van der Waals surface area contributed by atoms with Gasteiger partial charge in [-0.3, -0.25) is 9.59 Å². The zero-order chi connectivity index (χ0) is 20.7. The van der Waals surface area contributed by atoms with Crippen LogP contribution in [0.25, 0.3) is 0 Å². The number of nitrogens with one attached hydrogen (secondary N) is 1. The summed E-state index contributed by atoms with van der Waals surface area (Å²) >= 11 is 1.45. The van der Waals surface area contributed by atoms with Crippen molar-refractivity contribution in [1.82, 2.24) is 14.9 Å². The van der Waals surface area contributed by atoms with Gasteiger partial charge in [-0.05, 0) is 49.3 Å². The van der Waals surface area contributed by atoms with Crippen molar-refractivity contribution in [1.29, 1.82) is 0 Å². The lowest BCUT2D eigenvalue weighted by Gasteiger charge is -2.41. The van der Waals surface area contributed by atoms with E-state index in [-0.39, 0.29) is 22.4 Å². The van der Waals surface area contributed by atoms with E-state index in [4.69, 9.17) is 5.73 Å². The Balaban J connectivity index is 1.43. The topological polar surface area (TPSA) is 92.1 Å². The van der Waals surface area contributed by atoms with Gasteiger partial charge in [0.25, 0.3) is 11.5 Å². The Morgan fingerprint density at radius 3 is 2.63 bits per heavy atom. The number of aromatic nitrogens is 2. The molecular weight excluding hydrogens is 396 g/mol. The highest BCUT2D eigenvalue weighted by Crippen LogP contribution is 2.42. The predicted molar refractivity (Wildman–Crippen MR) is 118 cm³/mol. The quantitative estimate of drug-likeness (QED) is 0.681. The number of pyridine rings is 1. The number of thiazole rings is 1. The summed E-state index contributed by atoms with van der Waals surface area (Å²) in [6.07, 6.45) is 4.33. The number of fused-ring (bicyclic) bond motifs is 1. The van der Waals surface area contributed by atoms with Crippen LogP contribution in [0.3, 0.4) is 0 Å². The Kier molecular flexibility index (Phi) is 4.70. The number of nitrogens with zero attached hydrogens (tertiary/aromatic N) is 2. The standard InChI is InChI=1S/C23H24N4O2S/c24-22-26-19(14-30-22)23(16-6-2-1-3-7-16)9-11-27(12-10-23)21(29)17-13-15-5-4-8-18(15)25-20(17)28/h1-3,6-7,13-14H,4-5,8-12H2,(H2,24,26)(H,25,28). The maximum Gasteiger partial charge on any atom is 0.261 e. The fourth-order valence-electron chi connectivity index (χ4n) is 4.89. The third-order valence-electron chi connectivity index (χ3n) is 6.56. The van der Waals surface area contributed by atoms with Gasteiger partial charge >= 0.3 is 0 Å². The molecular formula is C23H24N4O2S. The van der Waals surface area contributed by atoms with Crippen LogP contribution in [0.4, 0.5) is 5.13 Å². The van der Waals surface area contributed by atoms with Crippen LogP contribution in [-0.2, 0) is 18.3 Å². The first kappa shape index (κ1) is 19.1. The van der Waals surface area contributed by atoms with Crippen LogP contribution in [0.2, 0.25) is 0 Å². The van der Waals surface area contributed by atoms with E-state index in [1.54, 1.807) is 0 Å². The number of hydrogen-bond donors (Lipinski definition) is 2. The second kappa shape index (κ2) is 7.40. The van der Waals surface area contributed by atoms with Crippen LogP contribution in [-0.4, -0.2) is 33.9 Å². The molecule has 0 bridgehead atoms. The van der Waals surface area contributed by atoms with Gasteiger partial charge in [0, 0.05) is 29.6 Å². The van der Waals surface area contributed by atoms with Crippen LogP contribution in [0.15, 0.2) is 46.6 Å². The molecule has 1 aliphatic heterocycles. The number of carbonyl (C=O) groups excluding carboxylic acids is 1. The number of nitrogen functional groups attached to an aromatic ring is 1. The molecule has 0 saturated carbocycles. The van der Waals surface area contributed by atoms with Gasteiger partial charge in [-0.1, -0.05) is 30.3 Å². The fourth-order valence-corrected chi connectivity index (χ4v) is 5.55. The maximum atomic E-state index is 13.2. The molecule has 3 aromatic rings. The number of carbonyl (C=O) groups is 1. The molecule has 3 heterocycles. The Morgan fingerprint density at radius 2 is 1.93 bits per heavy atom. The molecule has 0 unspecified atom stereocenters. The minimum atomic E-state index is -0.271. The van der Waals surface area contributed by atoms with Crippen LogP contribution in [0.1, 0.15) is 52.1 Å². The van der Waals surface area contributed by atoms with Gasteiger partial charge in [-0.25, -0.2) is 4.98 Å². The number of benzene rings is 1. The molecule has 1 fully saturated rings. The summed E-state index contributed by atoms with van der Waals surface area (Å²) in [7, 11) is 0. The Labute approximate surface area is 178 Å². The third-order valence-corrected chi connectivity index (χ3v) is 7.24. The lowest BCUT2D eigenvalue weighted by Crippen LogP contribution is -2.47. The second-order valence-electron chi connectivity index (χ2n) is 8.18. The largest absolute Gasteiger partial charge is 0.375 e. The van der Waals surface area contributed by atoms with Crippen molar-refractivity contribution in [3.8, 4) is 0 Å². The number of anilines is 1. The van der Waals surface area contributed by atoms with Crippen molar-refractivity contribution >= 4 is 22.4 Å². The molecule has 7 heteroatoms. The van der Waals surface area contributed by atoms with Gasteiger partial charge in [0.05, 0.1) is 5.69 Å². The van der Waals surface area contributed by atoms with Crippen molar-refractivity contribution in [3.05, 3.63) is 80.2 Å². The second-order valence-corrected chi connectivity index (χ2v) is 9.07. The fraction of sp³-hybridized carbons (Fsp3) is 0.348. The number of H-pyrrole nitrogens is 1. The third kappa shape index (κ3) is 3.13. The molecule has 5 rings (SSSR count). The molecule has 30 heavy (non-hydrogen) atoms. The van der Waals surface area contributed by atoms with Gasteiger partial charge in [0.2, 0.25) is 0 Å². The van der Waals surface area contributed by atoms with Gasteiger partial charge in [-0.2, -0.15) is 0 Å². The molecule has 0 atom stereocenters. The monoisotopic (exact) mass is 420 g/mol. The van der Waals surface area contributed by atoms with Crippen molar-refractivity contribution < 1.29 is 4.79 Å². The number of amides is 1. The first-order valence-corrected chi connectivity index (χ1v) is 11.3. The zero-order valence-electron chi connectivity index (χ0n) is 16.7. The number of likely N-dealkylation sites (tertiary alicyclic amines) is 1. The van der Waals surface area contributed by atoms with E-state index in [2.05, 4.69) is 22.1 Å². The SMILES string of the molecule is Nc1nc(C2(c3ccccc3)CCN(C(=O)c3cc4c([nH]c3=O)CCC4)CC2)cs1. The number of aromatic amines is 1. The molecule has 154 valence electrons. The summed E-state index contributed by atoms with van der Waals surface area (Å²) in [6, 6.07) is 12.1. The minimum absolute atomic E-state index is 0.176. The van der Waals surface area contributed by atoms with E-state index in [1.807, 2.05) is 34.5 Å². The average Bonchev–Trinajstić information content (AvgIpc) is 3.42. The predicted octanol–water partition coefficient (Wildman–Crippen LogP) is 3.12. The lowest BCUT2D eigenvalue weighted by atomic mass is 9.70. The number of nitrogens with two attached hydrogens (primary N) is 1. The highest BCUT2D eigenvalue weighted by Gasteiger charge is 2.41. The molecule has 3 N–H and O–H groups in total. The molecule has 2 aromatic heterocycles. The summed E-state index contributed by atoms with van der Waals surface area (Å²) in [5.74, 6) is -0.176. The van der Waals surface area contributed by atoms with E-state index in [1.165, 1.54) is 16.9 Å². The first-order valence-electron chi connectivity index (χ1n) is 10.4. The summed E-state index contributed by atoms with van der Waals surface area (Å²) in [5.41, 5.74) is 9.92. The summed E-state index contributed by atoms with van der Waals surface area (Å²) in [5, 5.41) is 2.59. The van der Waals surface area contributed by atoms with Crippen molar-refractivity contribution in [2.24, 2.45) is 0 Å². The highest BCUT2D eigenvalue weighted by atomic mass is 32.1. The summed E-state index contributed by atoms with van der Waals surface area (Å²) < 4.78 is 0. The van der Waals surface area contributed by atoms with Gasteiger partial charge in [0.1, 0.15) is 5.56 Å². The Hall–Kier alpha value is -2.93. The number of hydrogen-bond acceptors (Lipinski definition) is 5. The van der Waals surface area contributed by atoms with Crippen LogP contribution >= 0.6 is 11.3 Å². The molecule has 0 radical (unpaired) electrons. The van der Waals surface area contributed by atoms with Crippen molar-refractivity contribution in [2.45, 2.75) is 37.5 Å². The molecule has 1 aromatic carbocycles. The molecule has 2 aliphatic rings. The Morgan fingerprint density at radius 1 is 1.17 bits per heavy atom. The van der Waals surface area contributed by atoms with E-state index >= 15 is 0 Å². The van der Waals surface area contributed by atoms with Crippen molar-refractivity contribution in [2.75, 3.05) is 18.8 Å². The van der Waals surface area contributed by atoms with Crippen molar-refractivity contribution in [3.63, 3.8) is 0 Å². The maximum absolute atomic E-state index is 13.2. The van der Waals surface area contributed by atoms with E-state index < -0.39 is 0 Å². The lowest BCUT2D eigenvalue weighted by molar-refractivity contribution is 0.0682. The minimum Gasteiger partial charge on any atom is -0.375 e. The van der Waals surface area contributed by atoms with E-state index in [9.17, 15) is 9.59 Å². The number of aryl methyl sites for hydroxylation is 2. The molecule has 1 saturated heterocycles. The Bertz CT molecular complexity index is 1140. The highest BCUT2D eigenvalue weighted by molar-refractivity contribution is 7.13. The van der Waals surface area contributed by atoms with Gasteiger partial charge in [-0.15, -0.1) is 11.3 Å². The molecule has 1 amide bonds. The van der Waals surface area contributed by atoms with E-state index in [0.717, 1.165) is 49.1 Å². The van der Waals surface area contributed by atoms with Crippen LogP contribution in [0, 0.1) is 0 Å². The number of piperidine rings is 1. The molecule has 0 spiro atoms. The average molecular weight is 421 g/mol. The van der Waals surface area contributed by atoms with E-state index in [0.29, 0.717) is 18.2 Å². The van der Waals surface area contributed by atoms with Gasteiger partial charge < -0.3 is 15.6 Å². The smallest absolute Gasteiger partial charge is 0.261 e. The molecule has 6 nitrogen and oxygen atoms in total. The number of rotatable bonds is 3. The summed E-state index contributed by atoms with van der Waals surface area (Å²) in [4.78, 5) is 35.0.